The first kappa shape index (κ1) is 17.2. The molecule has 0 aliphatic rings. The standard InChI is InChI=1S/C17H9Cl4NO2/c18-9-4-5-11(19)10(8-9)14-6-7-15(24-14)17(23)22-16-12(20)2-1-3-13(16)21/h1-8H,(H,22,23). The Hall–Kier alpha value is -1.65. The molecule has 24 heavy (non-hydrogen) atoms. The van der Waals surface area contributed by atoms with Crippen molar-refractivity contribution >= 4 is 58.0 Å². The van der Waals surface area contributed by atoms with Crippen molar-refractivity contribution in [3.8, 4) is 11.3 Å². The van der Waals surface area contributed by atoms with Gasteiger partial charge in [0.2, 0.25) is 0 Å². The zero-order chi connectivity index (χ0) is 17.3. The normalized spacial score (nSPS) is 10.7. The number of carbonyl (C=O) groups excluding carboxylic acids is 1. The molecule has 1 heterocycles. The van der Waals surface area contributed by atoms with Crippen LogP contribution in [0.3, 0.4) is 0 Å². The average Bonchev–Trinajstić information content (AvgIpc) is 3.03. The first-order valence-corrected chi connectivity index (χ1v) is 8.27. The van der Waals surface area contributed by atoms with Crippen LogP contribution < -0.4 is 5.32 Å². The fraction of sp³-hybridized carbons (Fsp3) is 0. The molecule has 1 N–H and O–H groups in total. The van der Waals surface area contributed by atoms with E-state index in [1.165, 1.54) is 6.07 Å². The highest BCUT2D eigenvalue weighted by Gasteiger charge is 2.16. The third-order valence-electron chi connectivity index (χ3n) is 3.22. The van der Waals surface area contributed by atoms with Gasteiger partial charge in [0, 0.05) is 10.6 Å². The van der Waals surface area contributed by atoms with E-state index in [4.69, 9.17) is 50.8 Å². The third-order valence-corrected chi connectivity index (χ3v) is 4.42. The molecular formula is C17H9Cl4NO2. The van der Waals surface area contributed by atoms with Gasteiger partial charge in [-0.1, -0.05) is 52.5 Å². The Kier molecular flexibility index (Phi) is 5.07. The summed E-state index contributed by atoms with van der Waals surface area (Å²) in [6.07, 6.45) is 0. The molecule has 1 amide bonds. The Morgan fingerprint density at radius 2 is 1.58 bits per heavy atom. The summed E-state index contributed by atoms with van der Waals surface area (Å²) in [5, 5.41) is 4.28. The van der Waals surface area contributed by atoms with Crippen LogP contribution in [0.1, 0.15) is 10.6 Å². The van der Waals surface area contributed by atoms with E-state index < -0.39 is 5.91 Å². The Morgan fingerprint density at radius 3 is 2.29 bits per heavy atom. The van der Waals surface area contributed by atoms with Crippen LogP contribution in [0.4, 0.5) is 5.69 Å². The second-order valence-electron chi connectivity index (χ2n) is 4.84. The molecule has 0 saturated carbocycles. The summed E-state index contributed by atoms with van der Waals surface area (Å²) in [6, 6.07) is 13.1. The SMILES string of the molecule is O=C(Nc1c(Cl)cccc1Cl)c1ccc(-c2cc(Cl)ccc2Cl)o1. The second kappa shape index (κ2) is 7.08. The van der Waals surface area contributed by atoms with Gasteiger partial charge >= 0.3 is 0 Å². The predicted molar refractivity (Wildman–Crippen MR) is 98.6 cm³/mol. The van der Waals surface area contributed by atoms with Crippen molar-refractivity contribution in [2.24, 2.45) is 0 Å². The van der Waals surface area contributed by atoms with Gasteiger partial charge in [0.1, 0.15) is 5.76 Å². The smallest absolute Gasteiger partial charge is 0.291 e. The molecule has 7 heteroatoms. The summed E-state index contributed by atoms with van der Waals surface area (Å²) in [7, 11) is 0. The fourth-order valence-electron chi connectivity index (χ4n) is 2.08. The van der Waals surface area contributed by atoms with Crippen molar-refractivity contribution < 1.29 is 9.21 Å². The molecular weight excluding hydrogens is 392 g/mol. The van der Waals surface area contributed by atoms with E-state index in [1.54, 1.807) is 42.5 Å². The summed E-state index contributed by atoms with van der Waals surface area (Å²) in [5.41, 5.74) is 0.920. The van der Waals surface area contributed by atoms with Gasteiger partial charge in [-0.2, -0.15) is 0 Å². The van der Waals surface area contributed by atoms with Crippen molar-refractivity contribution in [3.05, 3.63) is 74.4 Å². The quantitative estimate of drug-likeness (QED) is 0.524. The number of nitrogens with one attached hydrogen (secondary N) is 1. The van der Waals surface area contributed by atoms with Gasteiger partial charge in [0.25, 0.3) is 5.91 Å². The molecule has 0 atom stereocenters. The van der Waals surface area contributed by atoms with Crippen molar-refractivity contribution in [1.29, 1.82) is 0 Å². The Morgan fingerprint density at radius 1 is 0.875 bits per heavy atom. The number of halogens is 4. The van der Waals surface area contributed by atoms with Crippen LogP contribution in [-0.2, 0) is 0 Å². The van der Waals surface area contributed by atoms with Gasteiger partial charge in [0.15, 0.2) is 5.76 Å². The van der Waals surface area contributed by atoms with E-state index in [0.29, 0.717) is 37.1 Å². The van der Waals surface area contributed by atoms with E-state index in [9.17, 15) is 4.79 Å². The minimum Gasteiger partial charge on any atom is -0.451 e. The van der Waals surface area contributed by atoms with Gasteiger partial charge in [0.05, 0.1) is 20.8 Å². The minimum absolute atomic E-state index is 0.0945. The second-order valence-corrected chi connectivity index (χ2v) is 6.50. The van der Waals surface area contributed by atoms with E-state index in [1.807, 2.05) is 0 Å². The lowest BCUT2D eigenvalue weighted by atomic mass is 10.2. The van der Waals surface area contributed by atoms with Crippen LogP contribution >= 0.6 is 46.4 Å². The maximum absolute atomic E-state index is 12.3. The predicted octanol–water partition coefficient (Wildman–Crippen LogP) is 6.81. The molecule has 0 fully saturated rings. The molecule has 2 aromatic carbocycles. The summed E-state index contributed by atoms with van der Waals surface area (Å²) in [4.78, 5) is 12.3. The van der Waals surface area contributed by atoms with Crippen LogP contribution in [0.5, 0.6) is 0 Å². The van der Waals surface area contributed by atoms with Gasteiger partial charge in [-0.05, 0) is 42.5 Å². The number of hydrogen-bond donors (Lipinski definition) is 1. The number of furan rings is 1. The molecule has 3 nitrogen and oxygen atoms in total. The Labute approximate surface area is 158 Å². The molecule has 0 bridgehead atoms. The number of benzene rings is 2. The molecule has 3 aromatic rings. The molecule has 122 valence electrons. The first-order chi connectivity index (χ1) is 11.5. The summed E-state index contributed by atoms with van der Waals surface area (Å²) in [5.74, 6) is 0.0457. The van der Waals surface area contributed by atoms with Gasteiger partial charge in [-0.3, -0.25) is 4.79 Å². The number of para-hydroxylation sites is 1. The van der Waals surface area contributed by atoms with Crippen LogP contribution in [0, 0.1) is 0 Å². The molecule has 0 spiro atoms. The molecule has 0 unspecified atom stereocenters. The topological polar surface area (TPSA) is 42.2 Å². The summed E-state index contributed by atoms with van der Waals surface area (Å²) < 4.78 is 5.58. The molecule has 3 rings (SSSR count). The van der Waals surface area contributed by atoms with Gasteiger partial charge in [-0.25, -0.2) is 0 Å². The van der Waals surface area contributed by atoms with E-state index >= 15 is 0 Å². The van der Waals surface area contributed by atoms with Crippen molar-refractivity contribution in [1.82, 2.24) is 0 Å². The Balaban J connectivity index is 1.88. The van der Waals surface area contributed by atoms with Gasteiger partial charge < -0.3 is 9.73 Å². The minimum atomic E-state index is -0.477. The maximum Gasteiger partial charge on any atom is 0.291 e. The van der Waals surface area contributed by atoms with Gasteiger partial charge in [-0.15, -0.1) is 0 Å². The van der Waals surface area contributed by atoms with Crippen molar-refractivity contribution in [2.75, 3.05) is 5.32 Å². The molecule has 0 aliphatic carbocycles. The van der Waals surface area contributed by atoms with Crippen molar-refractivity contribution in [3.63, 3.8) is 0 Å². The lowest BCUT2D eigenvalue weighted by molar-refractivity contribution is 0.0997. The number of rotatable bonds is 3. The highest BCUT2D eigenvalue weighted by atomic mass is 35.5. The van der Waals surface area contributed by atoms with Crippen molar-refractivity contribution in [2.45, 2.75) is 0 Å². The van der Waals surface area contributed by atoms with E-state index in [2.05, 4.69) is 5.32 Å². The number of carbonyl (C=O) groups is 1. The monoisotopic (exact) mass is 399 g/mol. The van der Waals surface area contributed by atoms with E-state index in [-0.39, 0.29) is 5.76 Å². The van der Waals surface area contributed by atoms with Crippen LogP contribution in [0.25, 0.3) is 11.3 Å². The summed E-state index contributed by atoms with van der Waals surface area (Å²) in [6.45, 7) is 0. The maximum atomic E-state index is 12.3. The Bertz CT molecular complexity index is 900. The van der Waals surface area contributed by atoms with Crippen LogP contribution in [-0.4, -0.2) is 5.91 Å². The molecule has 0 saturated heterocycles. The fourth-order valence-corrected chi connectivity index (χ4v) is 2.96. The molecule has 0 aliphatic heterocycles. The van der Waals surface area contributed by atoms with E-state index in [0.717, 1.165) is 0 Å². The summed E-state index contributed by atoms with van der Waals surface area (Å²) >= 11 is 24.2. The highest BCUT2D eigenvalue weighted by Crippen LogP contribution is 2.33. The lowest BCUT2D eigenvalue weighted by Crippen LogP contribution is -2.11. The van der Waals surface area contributed by atoms with Crippen LogP contribution in [0.2, 0.25) is 20.1 Å². The molecule has 1 aromatic heterocycles. The number of amides is 1. The largest absolute Gasteiger partial charge is 0.451 e. The third kappa shape index (κ3) is 3.55. The zero-order valence-electron chi connectivity index (χ0n) is 11.9. The lowest BCUT2D eigenvalue weighted by Gasteiger charge is -2.07. The number of anilines is 1. The van der Waals surface area contributed by atoms with Crippen LogP contribution in [0.15, 0.2) is 52.9 Å². The average molecular weight is 401 g/mol. The highest BCUT2D eigenvalue weighted by molar-refractivity contribution is 6.40. The number of hydrogen-bond acceptors (Lipinski definition) is 2. The molecule has 0 radical (unpaired) electrons. The first-order valence-electron chi connectivity index (χ1n) is 6.76. The zero-order valence-corrected chi connectivity index (χ0v) is 15.0.